The van der Waals surface area contributed by atoms with E-state index in [-0.39, 0.29) is 16.6 Å². The maximum absolute atomic E-state index is 12.8. The molecule has 17 heavy (non-hydrogen) atoms. The van der Waals surface area contributed by atoms with Crippen molar-refractivity contribution in [2.75, 3.05) is 11.4 Å². The molecule has 1 heterocycles. The molecule has 0 aromatic heterocycles. The minimum atomic E-state index is -4.51. The zero-order chi connectivity index (χ0) is 12.6. The van der Waals surface area contributed by atoms with Gasteiger partial charge in [-0.2, -0.15) is 13.2 Å². The lowest BCUT2D eigenvalue weighted by molar-refractivity contribution is -0.137. The first-order valence-corrected chi connectivity index (χ1v) is 5.44. The second-order valence-corrected chi connectivity index (χ2v) is 4.24. The summed E-state index contributed by atoms with van der Waals surface area (Å²) in [5, 5.41) is 0.00715. The van der Waals surface area contributed by atoms with Crippen LogP contribution in [0.5, 0.6) is 0 Å². The van der Waals surface area contributed by atoms with E-state index in [2.05, 4.69) is 0 Å². The van der Waals surface area contributed by atoms with Gasteiger partial charge < -0.3 is 4.90 Å². The Bertz CT molecular complexity index is 459. The van der Waals surface area contributed by atoms with Crippen molar-refractivity contribution in [1.29, 1.82) is 0 Å². The third-order valence-electron chi connectivity index (χ3n) is 2.63. The molecule has 1 aliphatic rings. The molecule has 1 aliphatic heterocycles. The van der Waals surface area contributed by atoms with Crippen molar-refractivity contribution in [2.24, 2.45) is 0 Å². The molecule has 1 amide bonds. The summed E-state index contributed by atoms with van der Waals surface area (Å²) in [6.07, 6.45) is -3.64. The number of halogens is 4. The van der Waals surface area contributed by atoms with Crippen LogP contribution in [0, 0.1) is 0 Å². The molecule has 0 aliphatic carbocycles. The van der Waals surface area contributed by atoms with E-state index in [4.69, 9.17) is 11.6 Å². The smallest absolute Gasteiger partial charge is 0.312 e. The van der Waals surface area contributed by atoms with Gasteiger partial charge in [0.1, 0.15) is 0 Å². The number of hydrogen-bond acceptors (Lipinski definition) is 1. The molecule has 0 N–H and O–H groups in total. The highest BCUT2D eigenvalue weighted by molar-refractivity contribution is 6.30. The lowest BCUT2D eigenvalue weighted by atomic mass is 10.1. The number of alkyl halides is 3. The summed E-state index contributed by atoms with van der Waals surface area (Å²) in [6.45, 7) is 0.323. The van der Waals surface area contributed by atoms with E-state index < -0.39 is 11.7 Å². The van der Waals surface area contributed by atoms with E-state index in [1.165, 1.54) is 17.0 Å². The highest BCUT2D eigenvalue weighted by Gasteiger charge is 2.37. The summed E-state index contributed by atoms with van der Waals surface area (Å²) in [4.78, 5) is 12.6. The van der Waals surface area contributed by atoms with Crippen molar-refractivity contribution >= 4 is 23.2 Å². The number of hydrogen-bond donors (Lipinski definition) is 0. The monoisotopic (exact) mass is 263 g/mol. The van der Waals surface area contributed by atoms with E-state index in [0.29, 0.717) is 19.4 Å². The van der Waals surface area contributed by atoms with Crippen molar-refractivity contribution in [1.82, 2.24) is 0 Å². The van der Waals surface area contributed by atoms with Gasteiger partial charge in [-0.1, -0.05) is 11.6 Å². The third-order valence-corrected chi connectivity index (χ3v) is 2.86. The molecular weight excluding hydrogens is 255 g/mol. The standard InChI is InChI=1S/C11H9ClF3NO/c12-7-3-4-9(8(6-7)11(13,14)15)16-5-1-2-10(16)17/h3-4,6H,1-2,5H2. The Balaban J connectivity index is 2.50. The molecular formula is C11H9ClF3NO. The van der Waals surface area contributed by atoms with Crippen molar-refractivity contribution in [3.8, 4) is 0 Å². The number of nitrogens with zero attached hydrogens (tertiary/aromatic N) is 1. The van der Waals surface area contributed by atoms with E-state index in [0.717, 1.165) is 6.07 Å². The minimum Gasteiger partial charge on any atom is -0.312 e. The molecule has 1 fully saturated rings. The fraction of sp³-hybridized carbons (Fsp3) is 0.364. The molecule has 0 unspecified atom stereocenters. The molecule has 1 aromatic rings. The fourth-order valence-electron chi connectivity index (χ4n) is 1.87. The zero-order valence-electron chi connectivity index (χ0n) is 8.72. The van der Waals surface area contributed by atoms with Crippen LogP contribution in [0.15, 0.2) is 18.2 Å². The van der Waals surface area contributed by atoms with Crippen LogP contribution in [0.3, 0.4) is 0 Å². The number of carbonyl (C=O) groups excluding carboxylic acids is 1. The summed E-state index contributed by atoms with van der Waals surface area (Å²) in [5.41, 5.74) is -0.968. The zero-order valence-corrected chi connectivity index (χ0v) is 9.48. The first-order valence-electron chi connectivity index (χ1n) is 5.07. The summed E-state index contributed by atoms with van der Waals surface area (Å²) >= 11 is 5.56. The number of anilines is 1. The highest BCUT2D eigenvalue weighted by atomic mass is 35.5. The third kappa shape index (κ3) is 2.39. The first kappa shape index (κ1) is 12.2. The molecule has 1 aromatic carbocycles. The largest absolute Gasteiger partial charge is 0.418 e. The average Bonchev–Trinajstić information content (AvgIpc) is 2.63. The van der Waals surface area contributed by atoms with Crippen LogP contribution >= 0.6 is 11.6 Å². The second kappa shape index (κ2) is 4.22. The van der Waals surface area contributed by atoms with Crippen molar-refractivity contribution in [2.45, 2.75) is 19.0 Å². The Kier molecular flexibility index (Phi) is 3.03. The van der Waals surface area contributed by atoms with E-state index >= 15 is 0 Å². The Labute approximate surface area is 101 Å². The van der Waals surface area contributed by atoms with Crippen LogP contribution < -0.4 is 4.90 Å². The van der Waals surface area contributed by atoms with Gasteiger partial charge in [-0.25, -0.2) is 0 Å². The SMILES string of the molecule is O=C1CCCN1c1ccc(Cl)cc1C(F)(F)F. The molecule has 0 bridgehead atoms. The van der Waals surface area contributed by atoms with Gasteiger partial charge in [0, 0.05) is 18.0 Å². The van der Waals surface area contributed by atoms with Gasteiger partial charge in [-0.3, -0.25) is 4.79 Å². The highest BCUT2D eigenvalue weighted by Crippen LogP contribution is 2.39. The normalized spacial score (nSPS) is 16.7. The lowest BCUT2D eigenvalue weighted by Crippen LogP contribution is -2.26. The van der Waals surface area contributed by atoms with Crippen LogP contribution in [0.25, 0.3) is 0 Å². The van der Waals surface area contributed by atoms with Crippen molar-refractivity contribution in [3.63, 3.8) is 0 Å². The van der Waals surface area contributed by atoms with Gasteiger partial charge in [0.25, 0.3) is 0 Å². The molecule has 0 saturated carbocycles. The van der Waals surface area contributed by atoms with Crippen LogP contribution in [0.2, 0.25) is 5.02 Å². The summed E-state index contributed by atoms with van der Waals surface area (Å²) in [6, 6.07) is 3.45. The van der Waals surface area contributed by atoms with Gasteiger partial charge in [-0.05, 0) is 24.6 Å². The fourth-order valence-corrected chi connectivity index (χ4v) is 2.05. The van der Waals surface area contributed by atoms with Crippen LogP contribution in [-0.2, 0) is 11.0 Å². The van der Waals surface area contributed by atoms with Crippen molar-refractivity contribution in [3.05, 3.63) is 28.8 Å². The van der Waals surface area contributed by atoms with Gasteiger partial charge in [0.05, 0.1) is 11.3 Å². The molecule has 1 saturated heterocycles. The predicted octanol–water partition coefficient (Wildman–Crippen LogP) is 3.49. The molecule has 0 spiro atoms. The van der Waals surface area contributed by atoms with Crippen LogP contribution in [0.4, 0.5) is 18.9 Å². The van der Waals surface area contributed by atoms with Gasteiger partial charge in [-0.15, -0.1) is 0 Å². The van der Waals surface area contributed by atoms with Crippen molar-refractivity contribution < 1.29 is 18.0 Å². The molecule has 6 heteroatoms. The average molecular weight is 264 g/mol. The van der Waals surface area contributed by atoms with E-state index in [9.17, 15) is 18.0 Å². The molecule has 0 atom stereocenters. The number of amides is 1. The Morgan fingerprint density at radius 1 is 1.29 bits per heavy atom. The summed E-state index contributed by atoms with van der Waals surface area (Å²) < 4.78 is 38.4. The lowest BCUT2D eigenvalue weighted by Gasteiger charge is -2.21. The number of carbonyl (C=O) groups is 1. The van der Waals surface area contributed by atoms with Gasteiger partial charge in [0.2, 0.25) is 5.91 Å². The van der Waals surface area contributed by atoms with E-state index in [1.807, 2.05) is 0 Å². The van der Waals surface area contributed by atoms with Gasteiger partial charge >= 0.3 is 6.18 Å². The van der Waals surface area contributed by atoms with Crippen LogP contribution in [-0.4, -0.2) is 12.5 Å². The topological polar surface area (TPSA) is 20.3 Å². The molecule has 92 valence electrons. The minimum absolute atomic E-state index is 0.00715. The quantitative estimate of drug-likeness (QED) is 0.760. The Morgan fingerprint density at radius 3 is 2.53 bits per heavy atom. The maximum atomic E-state index is 12.8. The summed E-state index contributed by atoms with van der Waals surface area (Å²) in [5.74, 6) is -0.280. The second-order valence-electron chi connectivity index (χ2n) is 3.81. The van der Waals surface area contributed by atoms with E-state index in [1.54, 1.807) is 0 Å². The van der Waals surface area contributed by atoms with Gasteiger partial charge in [0.15, 0.2) is 0 Å². The first-order chi connectivity index (χ1) is 7.89. The molecule has 2 nitrogen and oxygen atoms in total. The molecule has 0 radical (unpaired) electrons. The number of benzene rings is 1. The summed E-state index contributed by atoms with van der Waals surface area (Å²) in [7, 11) is 0. The Morgan fingerprint density at radius 2 is 2.00 bits per heavy atom. The van der Waals surface area contributed by atoms with Crippen LogP contribution in [0.1, 0.15) is 18.4 Å². The predicted molar refractivity (Wildman–Crippen MR) is 58.0 cm³/mol. The Hall–Kier alpha value is -1.23. The molecule has 2 rings (SSSR count). The maximum Gasteiger partial charge on any atom is 0.418 e. The number of rotatable bonds is 1.